The zero-order chi connectivity index (χ0) is 14.0. The fourth-order valence-electron chi connectivity index (χ4n) is 1.26. The van der Waals surface area contributed by atoms with E-state index in [1.807, 2.05) is 0 Å². The maximum absolute atomic E-state index is 13.4. The molecule has 0 radical (unpaired) electrons. The normalized spacial score (nSPS) is 10.6. The summed E-state index contributed by atoms with van der Waals surface area (Å²) < 4.78 is 19.4. The van der Waals surface area contributed by atoms with Crippen molar-refractivity contribution in [2.24, 2.45) is 0 Å². The second kappa shape index (κ2) is 6.22. The van der Waals surface area contributed by atoms with E-state index < -0.39 is 5.82 Å². The van der Waals surface area contributed by atoms with Crippen molar-refractivity contribution >= 4 is 50.7 Å². The molecule has 0 unspecified atom stereocenters. The molecule has 0 spiro atoms. The fourth-order valence-corrected chi connectivity index (χ4v) is 2.48. The van der Waals surface area contributed by atoms with Crippen molar-refractivity contribution in [2.45, 2.75) is 5.88 Å². The molecule has 0 saturated heterocycles. The third-order valence-electron chi connectivity index (χ3n) is 2.17. The van der Waals surface area contributed by atoms with Crippen LogP contribution in [0.5, 0.6) is 11.6 Å². The van der Waals surface area contributed by atoms with E-state index in [9.17, 15) is 4.39 Å². The Morgan fingerprint density at radius 3 is 2.68 bits per heavy atom. The first-order chi connectivity index (χ1) is 9.02. The van der Waals surface area contributed by atoms with E-state index in [0.29, 0.717) is 10.0 Å². The van der Waals surface area contributed by atoms with Gasteiger partial charge >= 0.3 is 0 Å². The summed E-state index contributed by atoms with van der Waals surface area (Å²) in [4.78, 5) is 7.71. The lowest BCUT2D eigenvalue weighted by Gasteiger charge is -2.10. The summed E-state index contributed by atoms with van der Waals surface area (Å²) in [5.74, 6) is -0.157. The molecule has 2 aromatic rings. The third-order valence-corrected chi connectivity index (χ3v) is 3.67. The third kappa shape index (κ3) is 3.28. The zero-order valence-electron chi connectivity index (χ0n) is 9.13. The largest absolute Gasteiger partial charge is 0.437 e. The number of aromatic nitrogens is 2. The highest BCUT2D eigenvalue weighted by Gasteiger charge is 2.14. The van der Waals surface area contributed by atoms with Crippen LogP contribution in [0.15, 0.2) is 22.9 Å². The van der Waals surface area contributed by atoms with Gasteiger partial charge in [-0.15, -0.1) is 11.6 Å². The number of hydrogen-bond acceptors (Lipinski definition) is 3. The molecule has 0 amide bonds. The molecule has 0 aliphatic heterocycles. The van der Waals surface area contributed by atoms with Gasteiger partial charge < -0.3 is 4.74 Å². The molecule has 3 nitrogen and oxygen atoms in total. The molecule has 0 atom stereocenters. The van der Waals surface area contributed by atoms with Crippen LogP contribution < -0.4 is 4.74 Å². The van der Waals surface area contributed by atoms with Crippen molar-refractivity contribution in [3.8, 4) is 11.6 Å². The second-order valence-corrected chi connectivity index (χ2v) is 5.27. The highest BCUT2D eigenvalue weighted by atomic mass is 79.9. The van der Waals surface area contributed by atoms with Gasteiger partial charge in [0.1, 0.15) is 23.0 Å². The first-order valence-corrected chi connectivity index (χ1v) is 6.99. The Morgan fingerprint density at radius 1 is 1.26 bits per heavy atom. The van der Waals surface area contributed by atoms with Crippen LogP contribution in [-0.2, 0) is 5.88 Å². The summed E-state index contributed by atoms with van der Waals surface area (Å²) in [7, 11) is 0. The lowest BCUT2D eigenvalue weighted by molar-refractivity contribution is 0.449. The predicted molar refractivity (Wildman–Crippen MR) is 75.8 cm³/mol. The fraction of sp³-hybridized carbons (Fsp3) is 0.0909. The molecule has 1 aromatic carbocycles. The van der Waals surface area contributed by atoms with Crippen molar-refractivity contribution in [1.82, 2.24) is 9.97 Å². The van der Waals surface area contributed by atoms with Crippen LogP contribution in [0.1, 0.15) is 5.56 Å². The molecule has 0 saturated carbocycles. The van der Waals surface area contributed by atoms with Crippen molar-refractivity contribution in [3.63, 3.8) is 0 Å². The van der Waals surface area contributed by atoms with Gasteiger partial charge in [-0.2, -0.15) is 0 Å². The molecule has 19 heavy (non-hydrogen) atoms. The van der Waals surface area contributed by atoms with Gasteiger partial charge in [0.05, 0.1) is 20.9 Å². The van der Waals surface area contributed by atoms with Gasteiger partial charge in [-0.25, -0.2) is 14.4 Å². The average molecular weight is 386 g/mol. The average Bonchev–Trinajstić information content (AvgIpc) is 2.36. The first-order valence-electron chi connectivity index (χ1n) is 4.90. The van der Waals surface area contributed by atoms with Crippen molar-refractivity contribution in [3.05, 3.63) is 44.5 Å². The smallest absolute Gasteiger partial charge is 0.228 e. The highest BCUT2D eigenvalue weighted by molar-refractivity contribution is 9.10. The van der Waals surface area contributed by atoms with Crippen LogP contribution in [0.2, 0.25) is 10.2 Å². The summed E-state index contributed by atoms with van der Waals surface area (Å²) in [6.45, 7) is 0. The summed E-state index contributed by atoms with van der Waals surface area (Å²) in [5, 5.41) is 0.170. The molecule has 2 rings (SSSR count). The van der Waals surface area contributed by atoms with Crippen molar-refractivity contribution in [2.75, 3.05) is 0 Å². The molecular formula is C11H5BrCl3FN2O. The van der Waals surface area contributed by atoms with Gasteiger partial charge in [-0.1, -0.05) is 23.2 Å². The van der Waals surface area contributed by atoms with E-state index in [1.54, 1.807) is 0 Å². The van der Waals surface area contributed by atoms with Crippen LogP contribution in [0.25, 0.3) is 0 Å². The van der Waals surface area contributed by atoms with Crippen LogP contribution in [0, 0.1) is 5.82 Å². The first kappa shape index (κ1) is 14.8. The van der Waals surface area contributed by atoms with Crippen molar-refractivity contribution in [1.29, 1.82) is 0 Å². The Hall–Kier alpha value is -0.620. The summed E-state index contributed by atoms with van der Waals surface area (Å²) in [6, 6.07) is 2.52. The SMILES string of the molecule is Fc1cc(Oc2ncnc(Cl)c2CCl)c(Br)cc1Cl. The number of ether oxygens (including phenoxy) is 1. The molecule has 1 aromatic heterocycles. The van der Waals surface area contributed by atoms with Crippen molar-refractivity contribution < 1.29 is 9.13 Å². The predicted octanol–water partition coefficient (Wildman–Crippen LogP) is 5.22. The molecule has 0 bridgehead atoms. The molecule has 0 N–H and O–H groups in total. The second-order valence-electron chi connectivity index (χ2n) is 3.38. The summed E-state index contributed by atoms with van der Waals surface area (Å²) in [6.07, 6.45) is 1.23. The number of benzene rings is 1. The van der Waals surface area contributed by atoms with Crippen LogP contribution in [0.4, 0.5) is 4.39 Å². The Labute approximate surface area is 131 Å². The lowest BCUT2D eigenvalue weighted by atomic mass is 10.3. The lowest BCUT2D eigenvalue weighted by Crippen LogP contribution is -1.97. The minimum atomic E-state index is -0.604. The van der Waals surface area contributed by atoms with Gasteiger partial charge in [0.25, 0.3) is 0 Å². The van der Waals surface area contributed by atoms with Gasteiger partial charge in [0, 0.05) is 6.07 Å². The minimum absolute atomic E-state index is 0.0162. The van der Waals surface area contributed by atoms with Crippen LogP contribution in [0.3, 0.4) is 0 Å². The zero-order valence-corrected chi connectivity index (χ0v) is 13.0. The molecule has 0 fully saturated rings. The topological polar surface area (TPSA) is 35.0 Å². The number of nitrogens with zero attached hydrogens (tertiary/aromatic N) is 2. The number of hydrogen-bond donors (Lipinski definition) is 0. The Balaban J connectivity index is 2.42. The minimum Gasteiger partial charge on any atom is -0.437 e. The van der Waals surface area contributed by atoms with E-state index in [1.165, 1.54) is 12.4 Å². The van der Waals surface area contributed by atoms with Gasteiger partial charge in [-0.05, 0) is 22.0 Å². The van der Waals surface area contributed by atoms with E-state index in [4.69, 9.17) is 39.5 Å². The highest BCUT2D eigenvalue weighted by Crippen LogP contribution is 2.35. The quantitative estimate of drug-likeness (QED) is 0.412. The molecule has 100 valence electrons. The van der Waals surface area contributed by atoms with Gasteiger partial charge in [0.2, 0.25) is 5.88 Å². The van der Waals surface area contributed by atoms with Gasteiger partial charge in [0.15, 0.2) is 0 Å². The van der Waals surface area contributed by atoms with E-state index in [2.05, 4.69) is 25.9 Å². The summed E-state index contributed by atoms with van der Waals surface area (Å²) in [5.41, 5.74) is 0.424. The maximum atomic E-state index is 13.4. The molecular weight excluding hydrogens is 381 g/mol. The molecule has 0 aliphatic carbocycles. The number of halogens is 5. The number of alkyl halides is 1. The monoisotopic (exact) mass is 384 g/mol. The number of rotatable bonds is 3. The van der Waals surface area contributed by atoms with Crippen LogP contribution in [-0.4, -0.2) is 9.97 Å². The summed E-state index contributed by atoms with van der Waals surface area (Å²) >= 11 is 20.5. The van der Waals surface area contributed by atoms with E-state index >= 15 is 0 Å². The Bertz CT molecular complexity index is 627. The van der Waals surface area contributed by atoms with E-state index in [-0.39, 0.29) is 27.7 Å². The standard InChI is InChI=1S/C11H5BrCl3FN2O/c12-6-1-7(14)8(16)2-9(6)19-11-5(3-13)10(15)17-4-18-11/h1-2,4H,3H2. The molecule has 0 aliphatic rings. The van der Waals surface area contributed by atoms with E-state index in [0.717, 1.165) is 6.07 Å². The molecule has 8 heteroatoms. The van der Waals surface area contributed by atoms with Gasteiger partial charge in [-0.3, -0.25) is 0 Å². The van der Waals surface area contributed by atoms with Crippen LogP contribution >= 0.6 is 50.7 Å². The Kier molecular flexibility index (Phi) is 4.84. The maximum Gasteiger partial charge on any atom is 0.228 e. The Morgan fingerprint density at radius 2 is 2.00 bits per heavy atom. The molecule has 1 heterocycles.